The largest absolute Gasteiger partial charge is 0.481 e. The molecule has 7 rings (SSSR count). The second kappa shape index (κ2) is 24.1. The van der Waals surface area contributed by atoms with Crippen molar-refractivity contribution in [3.63, 3.8) is 0 Å². The van der Waals surface area contributed by atoms with E-state index in [4.69, 9.17) is 31.1 Å². The molecule has 1 fully saturated rings. The number of thioether (sulfide) groups is 1. The van der Waals surface area contributed by atoms with Gasteiger partial charge >= 0.3 is 23.5 Å². The minimum Gasteiger partial charge on any atom is -0.386 e. The second-order valence-corrected chi connectivity index (χ2v) is 23.6. The van der Waals surface area contributed by atoms with Crippen LogP contribution in [-0.2, 0) is 57.2 Å². The molecule has 7 atom stereocenters. The van der Waals surface area contributed by atoms with Crippen LogP contribution >= 0.6 is 58.2 Å². The Balaban J connectivity index is 0.821. The lowest BCUT2D eigenvalue weighted by molar-refractivity contribution is -0.137. The SMILES string of the molecule is CC(C)(COP(=O)(O)OP(=O)(O)OCC1OC(n2cnc3c(N)ncnc32)C(O)C1OP(=O)(O)O)C(O)C(=O)NCCC(=O)NCCSC(=O)Cn1c(C(=O)Nc2nc(-c3ccccc3Cl)cs2)cc2ccccc21. The van der Waals surface area contributed by atoms with Crippen molar-refractivity contribution in [2.45, 2.75) is 57.5 Å². The number of thiazole rings is 1. The summed E-state index contributed by atoms with van der Waals surface area (Å²) in [5.41, 5.74) is 6.38. The number of phosphoric acid groups is 3. The molecule has 34 heteroatoms. The second-order valence-electron chi connectivity index (χ2n) is 16.9. The normalized spacial score (nSPS) is 19.1. The van der Waals surface area contributed by atoms with Crippen molar-refractivity contribution in [3.8, 4) is 11.3 Å². The van der Waals surface area contributed by atoms with E-state index in [1.54, 1.807) is 46.3 Å². The molecule has 0 spiro atoms. The Morgan fingerprint density at radius 1 is 0.987 bits per heavy atom. The zero-order valence-corrected chi connectivity index (χ0v) is 44.2. The van der Waals surface area contributed by atoms with E-state index in [-0.39, 0.29) is 59.6 Å². The van der Waals surface area contributed by atoms with Crippen molar-refractivity contribution in [1.82, 2.24) is 39.7 Å². The van der Waals surface area contributed by atoms with Crippen LogP contribution in [0.3, 0.4) is 0 Å². The lowest BCUT2D eigenvalue weighted by Gasteiger charge is -2.30. The van der Waals surface area contributed by atoms with Crippen LogP contribution in [0.25, 0.3) is 33.3 Å². The maximum atomic E-state index is 13.5. The molecule has 0 bridgehead atoms. The van der Waals surface area contributed by atoms with E-state index in [0.29, 0.717) is 26.9 Å². The Morgan fingerprint density at radius 2 is 1.71 bits per heavy atom. The van der Waals surface area contributed by atoms with Crippen LogP contribution in [0.4, 0.5) is 10.9 Å². The molecule has 4 aromatic heterocycles. The molecule has 404 valence electrons. The molecule has 0 radical (unpaired) electrons. The molecule has 6 aromatic rings. The van der Waals surface area contributed by atoms with Gasteiger partial charge in [-0.15, -0.1) is 11.3 Å². The van der Waals surface area contributed by atoms with Gasteiger partial charge in [-0.2, -0.15) is 4.31 Å². The smallest absolute Gasteiger partial charge is 0.386 e. The first-order chi connectivity index (χ1) is 35.3. The van der Waals surface area contributed by atoms with Gasteiger partial charge in [-0.25, -0.2) is 33.6 Å². The fourth-order valence-electron chi connectivity index (χ4n) is 7.32. The number of para-hydroxylation sites is 1. The standard InChI is InChI=1S/C41H48ClN10O18P3S2/c1-41(2,19-67-73(64,65)70-72(62,63)66-17-28-33(69-71(59,60)61)32(55)39(68-28)52-21-48-31-35(43)46-20-47-36(31)52)34(56)38(58)45-12-11-29(53)44-13-14-74-30(54)16-51-26-10-6-3-7-22(26)15-27(51)37(57)50-40-49-25(18-75-40)23-8-4-5-9-24(23)42/h3-10,15,18,20-21,28,32-34,39,55-56H,11-14,16-17,19H2,1-2H3,(H,44,53)(H,45,58)(H,62,63)(H,64,65)(H2,43,46,47)(H,49,50,57)(H2,59,60,61). The van der Waals surface area contributed by atoms with E-state index < -0.39 is 90.5 Å². The van der Waals surface area contributed by atoms with E-state index >= 15 is 0 Å². The van der Waals surface area contributed by atoms with Gasteiger partial charge < -0.3 is 55.5 Å². The van der Waals surface area contributed by atoms with Gasteiger partial charge in [-0.3, -0.25) is 42.6 Å². The van der Waals surface area contributed by atoms with E-state index in [1.807, 2.05) is 18.2 Å². The Kier molecular flexibility index (Phi) is 18.5. The quantitative estimate of drug-likeness (QED) is 0.0307. The first-order valence-corrected chi connectivity index (χ1v) is 28.7. The number of hydrogen-bond acceptors (Lipinski definition) is 21. The lowest BCUT2D eigenvalue weighted by atomic mass is 9.87. The third kappa shape index (κ3) is 14.9. The molecule has 0 aliphatic carbocycles. The third-order valence-corrected chi connectivity index (χ3v) is 16.0. The molecule has 5 heterocycles. The van der Waals surface area contributed by atoms with Crippen LogP contribution in [0.2, 0.25) is 5.02 Å². The van der Waals surface area contributed by atoms with Crippen LogP contribution in [0.5, 0.6) is 0 Å². The highest BCUT2D eigenvalue weighted by atomic mass is 35.5. The van der Waals surface area contributed by atoms with Crippen molar-refractivity contribution in [3.05, 3.63) is 83.3 Å². The maximum Gasteiger partial charge on any atom is 0.481 e. The zero-order valence-electron chi connectivity index (χ0n) is 39.1. The fraction of sp³-hybridized carbons (Fsp3) is 0.366. The van der Waals surface area contributed by atoms with Crippen molar-refractivity contribution in [1.29, 1.82) is 0 Å². The summed E-state index contributed by atoms with van der Waals surface area (Å²) < 4.78 is 64.2. The van der Waals surface area contributed by atoms with Crippen molar-refractivity contribution < 1.29 is 85.3 Å². The van der Waals surface area contributed by atoms with Crippen molar-refractivity contribution in [2.75, 3.05) is 43.1 Å². The number of aliphatic hydroxyl groups excluding tert-OH is 2. The predicted molar refractivity (Wildman–Crippen MR) is 270 cm³/mol. The zero-order chi connectivity index (χ0) is 54.5. The number of halogens is 1. The van der Waals surface area contributed by atoms with Gasteiger partial charge in [0.1, 0.15) is 42.0 Å². The van der Waals surface area contributed by atoms with Gasteiger partial charge in [0.25, 0.3) is 5.91 Å². The topological polar surface area (TPSA) is 411 Å². The number of nitrogens with zero attached hydrogens (tertiary/aromatic N) is 6. The van der Waals surface area contributed by atoms with Gasteiger partial charge in [0, 0.05) is 57.5 Å². The number of ether oxygens (including phenoxy) is 1. The average Bonchev–Trinajstić information content (AvgIpc) is 4.14. The van der Waals surface area contributed by atoms with Gasteiger partial charge in [-0.1, -0.05) is 73.6 Å². The number of amides is 3. The minimum atomic E-state index is -5.62. The molecule has 3 amide bonds. The third-order valence-electron chi connectivity index (χ3n) is 11.0. The van der Waals surface area contributed by atoms with Crippen molar-refractivity contribution in [2.24, 2.45) is 5.41 Å². The molecule has 11 N–H and O–H groups in total. The number of hydrogen-bond donors (Lipinski definition) is 10. The summed E-state index contributed by atoms with van der Waals surface area (Å²) in [6.07, 6.45) is -7.17. The molecule has 1 aliphatic rings. The number of anilines is 2. The summed E-state index contributed by atoms with van der Waals surface area (Å²) in [5.74, 6) is -1.91. The molecular weight excluding hydrogens is 1110 g/mol. The number of aromatic nitrogens is 6. The monoisotopic (exact) mass is 1160 g/mol. The number of carbonyl (C=O) groups excluding carboxylic acids is 4. The highest BCUT2D eigenvalue weighted by molar-refractivity contribution is 8.13. The molecule has 0 saturated carbocycles. The summed E-state index contributed by atoms with van der Waals surface area (Å²) >= 11 is 8.47. The van der Waals surface area contributed by atoms with Gasteiger partial charge in [0.05, 0.1) is 31.8 Å². The number of rotatable bonds is 24. The number of phosphoric ester groups is 3. The van der Waals surface area contributed by atoms with E-state index in [2.05, 4.69) is 44.7 Å². The van der Waals surface area contributed by atoms with E-state index in [1.165, 1.54) is 25.2 Å². The van der Waals surface area contributed by atoms with Gasteiger partial charge in [0.2, 0.25) is 16.9 Å². The number of nitrogens with two attached hydrogens (primary N) is 1. The number of carbonyl (C=O) groups is 4. The summed E-state index contributed by atoms with van der Waals surface area (Å²) in [4.78, 5) is 108. The Labute approximate surface area is 437 Å². The lowest BCUT2D eigenvalue weighted by Crippen LogP contribution is -2.46. The summed E-state index contributed by atoms with van der Waals surface area (Å²) in [6.45, 7) is 0.00845. The van der Waals surface area contributed by atoms with Crippen LogP contribution in [0.1, 0.15) is 37.0 Å². The number of imidazole rings is 1. The summed E-state index contributed by atoms with van der Waals surface area (Å²) in [6, 6.07) is 16.0. The number of fused-ring (bicyclic) bond motifs is 2. The van der Waals surface area contributed by atoms with Crippen LogP contribution < -0.4 is 21.7 Å². The number of nitrogen functional groups attached to an aromatic ring is 1. The first kappa shape index (κ1) is 57.6. The predicted octanol–water partition coefficient (Wildman–Crippen LogP) is 3.35. The molecular formula is C41H48ClN10O18P3S2. The van der Waals surface area contributed by atoms with Crippen molar-refractivity contribution >= 4 is 114 Å². The molecule has 1 saturated heterocycles. The summed E-state index contributed by atoms with van der Waals surface area (Å²) in [7, 11) is -16.5. The number of aliphatic hydroxyl groups is 2. The van der Waals surface area contributed by atoms with E-state index in [0.717, 1.165) is 34.4 Å². The average molecular weight is 1160 g/mol. The minimum absolute atomic E-state index is 0.0170. The Bertz CT molecular complexity index is 3230. The Morgan fingerprint density at radius 3 is 2.45 bits per heavy atom. The van der Waals surface area contributed by atoms with Crippen LogP contribution in [0, 0.1) is 5.41 Å². The van der Waals surface area contributed by atoms with Gasteiger partial charge in [-0.05, 0) is 18.2 Å². The molecule has 75 heavy (non-hydrogen) atoms. The number of benzene rings is 2. The van der Waals surface area contributed by atoms with Crippen LogP contribution in [-0.4, -0.2) is 138 Å². The highest BCUT2D eigenvalue weighted by Crippen LogP contribution is 2.61. The molecule has 2 aromatic carbocycles. The molecule has 28 nitrogen and oxygen atoms in total. The van der Waals surface area contributed by atoms with Gasteiger partial charge in [0.15, 0.2) is 22.8 Å². The van der Waals surface area contributed by atoms with E-state index in [9.17, 15) is 62.7 Å². The molecule has 1 aliphatic heterocycles. The first-order valence-electron chi connectivity index (χ1n) is 22.0. The Hall–Kier alpha value is -5.07. The molecule has 7 unspecified atom stereocenters. The summed E-state index contributed by atoms with van der Waals surface area (Å²) in [5, 5.41) is 32.5. The maximum absolute atomic E-state index is 13.5. The fourth-order valence-corrected chi connectivity index (χ4v) is 11.7. The van der Waals surface area contributed by atoms with Crippen LogP contribution in [0.15, 0.2) is 72.6 Å². The number of nitrogens with one attached hydrogen (secondary N) is 3. The highest BCUT2D eigenvalue weighted by Gasteiger charge is 2.50.